The molecule has 4 aromatic rings. The van der Waals surface area contributed by atoms with Crippen LogP contribution in [-0.4, -0.2) is 79.2 Å². The second kappa shape index (κ2) is 9.32. The van der Waals surface area contributed by atoms with E-state index in [1.807, 2.05) is 30.3 Å². The van der Waals surface area contributed by atoms with Crippen LogP contribution in [0.3, 0.4) is 0 Å². The smallest absolute Gasteiger partial charge is 0.407 e. The highest BCUT2D eigenvalue weighted by Gasteiger charge is 2.20. The van der Waals surface area contributed by atoms with Gasteiger partial charge in [0.15, 0.2) is 0 Å². The lowest BCUT2D eigenvalue weighted by molar-refractivity contribution is 0.103. The highest BCUT2D eigenvalue weighted by Crippen LogP contribution is 2.25. The van der Waals surface area contributed by atoms with Crippen LogP contribution in [0.5, 0.6) is 5.88 Å². The molecule has 0 atom stereocenters. The highest BCUT2D eigenvalue weighted by molar-refractivity contribution is 5.83. The molecular formula is C23H24N8O3. The Kier molecular flexibility index (Phi) is 5.91. The Balaban J connectivity index is 1.28. The van der Waals surface area contributed by atoms with Crippen LogP contribution in [0.25, 0.3) is 22.3 Å². The van der Waals surface area contributed by atoms with Crippen molar-refractivity contribution in [3.8, 4) is 17.1 Å². The molecule has 34 heavy (non-hydrogen) atoms. The molecule has 4 heterocycles. The van der Waals surface area contributed by atoms with Crippen molar-refractivity contribution in [2.24, 2.45) is 0 Å². The Hall–Kier alpha value is -4.25. The monoisotopic (exact) mass is 460 g/mol. The summed E-state index contributed by atoms with van der Waals surface area (Å²) in [7, 11) is 1.57. The number of anilines is 2. The van der Waals surface area contributed by atoms with Crippen molar-refractivity contribution in [3.63, 3.8) is 0 Å². The minimum Gasteiger partial charge on any atom is -0.481 e. The lowest BCUT2D eigenvalue weighted by Crippen LogP contribution is -2.47. The van der Waals surface area contributed by atoms with Crippen LogP contribution in [-0.2, 0) is 6.54 Å². The quantitative estimate of drug-likeness (QED) is 0.397. The largest absolute Gasteiger partial charge is 0.481 e. The SMILES string of the molecule is COc1cc(-c2ccc3nc(Nc4cc(CN5CCN(C(=O)O)CC5)ccn4)[nH]c3c2)ncn1. The maximum Gasteiger partial charge on any atom is 0.407 e. The molecule has 0 spiro atoms. The number of benzene rings is 1. The molecule has 3 N–H and O–H groups in total. The molecule has 174 valence electrons. The first-order valence-corrected chi connectivity index (χ1v) is 10.9. The number of imidazole rings is 1. The number of H-pyrrole nitrogens is 1. The molecule has 1 fully saturated rings. The average Bonchev–Trinajstić information content (AvgIpc) is 3.26. The molecule has 5 rings (SSSR count). The van der Waals surface area contributed by atoms with Gasteiger partial charge in [0.05, 0.1) is 23.8 Å². The fraction of sp³-hybridized carbons (Fsp3) is 0.261. The summed E-state index contributed by atoms with van der Waals surface area (Å²) in [6, 6.07) is 11.6. The van der Waals surface area contributed by atoms with Crippen molar-refractivity contribution < 1.29 is 14.6 Å². The van der Waals surface area contributed by atoms with Gasteiger partial charge in [0.2, 0.25) is 11.8 Å². The Labute approximate surface area is 195 Å². The first-order valence-electron chi connectivity index (χ1n) is 10.9. The zero-order chi connectivity index (χ0) is 23.5. The molecule has 0 radical (unpaired) electrons. The molecule has 1 aliphatic rings. The van der Waals surface area contributed by atoms with Gasteiger partial charge in [0, 0.05) is 50.6 Å². The number of aromatic amines is 1. The summed E-state index contributed by atoms with van der Waals surface area (Å²) in [6.07, 6.45) is 2.38. The van der Waals surface area contributed by atoms with Gasteiger partial charge in [-0.3, -0.25) is 4.90 Å². The van der Waals surface area contributed by atoms with E-state index in [9.17, 15) is 4.79 Å². The molecule has 11 heteroatoms. The van der Waals surface area contributed by atoms with E-state index in [1.165, 1.54) is 11.2 Å². The van der Waals surface area contributed by atoms with E-state index in [0.29, 0.717) is 43.8 Å². The number of methoxy groups -OCH3 is 1. The first kappa shape index (κ1) is 21.6. The van der Waals surface area contributed by atoms with Gasteiger partial charge >= 0.3 is 6.09 Å². The number of amides is 1. The fourth-order valence-corrected chi connectivity index (χ4v) is 3.95. The van der Waals surface area contributed by atoms with Crippen LogP contribution in [0.15, 0.2) is 48.9 Å². The molecule has 0 unspecified atom stereocenters. The predicted molar refractivity (Wildman–Crippen MR) is 126 cm³/mol. The number of hydrogen-bond acceptors (Lipinski definition) is 8. The van der Waals surface area contributed by atoms with E-state index in [-0.39, 0.29) is 0 Å². The van der Waals surface area contributed by atoms with Gasteiger partial charge in [-0.2, -0.15) is 0 Å². The normalized spacial score (nSPS) is 14.3. The standard InChI is InChI=1S/C23H24N8O3/c1-34-21-12-18(25-14-26-21)16-2-3-17-19(11-16)28-22(27-17)29-20-10-15(4-5-24-20)13-30-6-8-31(9-7-30)23(32)33/h2-5,10-12,14H,6-9,13H2,1H3,(H,32,33)(H2,24,27,28,29). The maximum absolute atomic E-state index is 11.1. The number of pyridine rings is 1. The Morgan fingerprint density at radius 1 is 1.12 bits per heavy atom. The molecule has 1 aromatic carbocycles. The lowest BCUT2D eigenvalue weighted by Gasteiger charge is -2.33. The van der Waals surface area contributed by atoms with Crippen LogP contribution >= 0.6 is 0 Å². The van der Waals surface area contributed by atoms with E-state index < -0.39 is 6.09 Å². The Morgan fingerprint density at radius 3 is 2.76 bits per heavy atom. The van der Waals surface area contributed by atoms with Crippen molar-refractivity contribution in [2.45, 2.75) is 6.54 Å². The van der Waals surface area contributed by atoms with Crippen LogP contribution in [0.1, 0.15) is 5.56 Å². The van der Waals surface area contributed by atoms with Crippen LogP contribution < -0.4 is 10.1 Å². The average molecular weight is 460 g/mol. The number of carbonyl (C=O) groups is 1. The summed E-state index contributed by atoms with van der Waals surface area (Å²) in [6.45, 7) is 3.20. The van der Waals surface area contributed by atoms with E-state index in [4.69, 9.17) is 9.84 Å². The predicted octanol–water partition coefficient (Wildman–Crippen LogP) is 2.96. The number of nitrogens with zero attached hydrogens (tertiary/aromatic N) is 6. The van der Waals surface area contributed by atoms with Gasteiger partial charge in [0.25, 0.3) is 0 Å². The minimum absolute atomic E-state index is 0.506. The summed E-state index contributed by atoms with van der Waals surface area (Å²) in [5.41, 5.74) is 4.46. The number of piperazine rings is 1. The number of nitrogens with one attached hydrogen (secondary N) is 2. The highest BCUT2D eigenvalue weighted by atomic mass is 16.5. The van der Waals surface area contributed by atoms with Crippen molar-refractivity contribution in [3.05, 3.63) is 54.5 Å². The summed E-state index contributed by atoms with van der Waals surface area (Å²) in [4.78, 5) is 35.5. The zero-order valence-electron chi connectivity index (χ0n) is 18.6. The first-order chi connectivity index (χ1) is 16.6. The number of fused-ring (bicyclic) bond motifs is 1. The van der Waals surface area contributed by atoms with E-state index in [2.05, 4.69) is 35.1 Å². The van der Waals surface area contributed by atoms with Crippen LogP contribution in [0.4, 0.5) is 16.6 Å². The van der Waals surface area contributed by atoms with Crippen molar-refractivity contribution in [1.82, 2.24) is 34.7 Å². The molecule has 0 saturated carbocycles. The van der Waals surface area contributed by atoms with Gasteiger partial charge in [-0.1, -0.05) is 6.07 Å². The molecule has 3 aromatic heterocycles. The van der Waals surface area contributed by atoms with Gasteiger partial charge < -0.3 is 25.0 Å². The lowest BCUT2D eigenvalue weighted by atomic mass is 10.1. The van der Waals surface area contributed by atoms with Gasteiger partial charge in [-0.15, -0.1) is 0 Å². The van der Waals surface area contributed by atoms with E-state index >= 15 is 0 Å². The zero-order valence-corrected chi connectivity index (χ0v) is 18.6. The summed E-state index contributed by atoms with van der Waals surface area (Å²) in [5.74, 6) is 1.78. The molecule has 11 nitrogen and oxygen atoms in total. The molecule has 0 aliphatic carbocycles. The van der Waals surface area contributed by atoms with E-state index in [0.717, 1.165) is 34.4 Å². The third-order valence-electron chi connectivity index (χ3n) is 5.75. The Bertz CT molecular complexity index is 1320. The maximum atomic E-state index is 11.1. The summed E-state index contributed by atoms with van der Waals surface area (Å²) < 4.78 is 5.19. The fourth-order valence-electron chi connectivity index (χ4n) is 3.95. The number of hydrogen-bond donors (Lipinski definition) is 3. The van der Waals surface area contributed by atoms with Crippen LogP contribution in [0.2, 0.25) is 0 Å². The number of ether oxygens (including phenoxy) is 1. The number of carboxylic acid groups (broad SMARTS) is 1. The molecule has 1 saturated heterocycles. The summed E-state index contributed by atoms with van der Waals surface area (Å²) >= 11 is 0. The second-order valence-corrected chi connectivity index (χ2v) is 7.98. The van der Waals surface area contributed by atoms with Gasteiger partial charge in [-0.05, 0) is 29.8 Å². The van der Waals surface area contributed by atoms with Crippen molar-refractivity contribution in [2.75, 3.05) is 38.6 Å². The minimum atomic E-state index is -0.857. The number of aromatic nitrogens is 5. The van der Waals surface area contributed by atoms with Crippen molar-refractivity contribution >= 4 is 28.9 Å². The van der Waals surface area contributed by atoms with E-state index in [1.54, 1.807) is 19.4 Å². The molecular weight excluding hydrogens is 436 g/mol. The molecule has 1 aliphatic heterocycles. The Morgan fingerprint density at radius 2 is 1.97 bits per heavy atom. The molecule has 1 amide bonds. The topological polar surface area (TPSA) is 132 Å². The second-order valence-electron chi connectivity index (χ2n) is 7.98. The van der Waals surface area contributed by atoms with Gasteiger partial charge in [0.1, 0.15) is 12.1 Å². The summed E-state index contributed by atoms with van der Waals surface area (Å²) in [5, 5.41) is 12.4. The van der Waals surface area contributed by atoms with Crippen molar-refractivity contribution in [1.29, 1.82) is 0 Å². The van der Waals surface area contributed by atoms with Gasteiger partial charge in [-0.25, -0.2) is 24.7 Å². The third kappa shape index (κ3) is 4.74. The number of rotatable bonds is 6. The molecule has 0 bridgehead atoms. The third-order valence-corrected chi connectivity index (χ3v) is 5.75. The van der Waals surface area contributed by atoms with Crippen LogP contribution in [0, 0.1) is 0 Å².